The molecule has 2 heterocycles. The minimum absolute atomic E-state index is 0.720. The number of hydrogen-bond donors (Lipinski definition) is 0. The van der Waals surface area contributed by atoms with E-state index in [9.17, 15) is 0 Å². The molecule has 0 atom stereocenters. The van der Waals surface area contributed by atoms with Gasteiger partial charge in [-0.15, -0.1) is 0 Å². The third-order valence-corrected chi connectivity index (χ3v) is 8.48. The van der Waals surface area contributed by atoms with Crippen LogP contribution in [0.25, 0.3) is 72.8 Å². The summed E-state index contributed by atoms with van der Waals surface area (Å²) >= 11 is 0. The smallest absolute Gasteiger partial charge is 0.234 e. The largest absolute Gasteiger partial charge is 0.283 e. The van der Waals surface area contributed by atoms with Gasteiger partial charge in [0.2, 0.25) is 5.78 Å². The van der Waals surface area contributed by atoms with Gasteiger partial charge in [-0.05, 0) is 86.0 Å². The SMILES string of the molecule is C1=Cc2cccc3c2c(c2c4c(cc(-c5ccc(-c6cnc7nc8ccccc8cn67)cc5)cc43)C=CC2)C1. The highest BCUT2D eigenvalue weighted by atomic mass is 15.1. The van der Waals surface area contributed by atoms with Crippen molar-refractivity contribution in [3.63, 3.8) is 0 Å². The number of imidazole rings is 1. The van der Waals surface area contributed by atoms with Gasteiger partial charge in [0, 0.05) is 17.1 Å². The number of aromatic nitrogens is 3. The molecule has 7 aromatic rings. The van der Waals surface area contributed by atoms with Crippen molar-refractivity contribution in [1.29, 1.82) is 0 Å². The van der Waals surface area contributed by atoms with Gasteiger partial charge < -0.3 is 0 Å². The van der Waals surface area contributed by atoms with Crippen molar-refractivity contribution in [3.8, 4) is 22.4 Å². The topological polar surface area (TPSA) is 30.2 Å². The highest BCUT2D eigenvalue weighted by Gasteiger charge is 2.21. The first kappa shape index (κ1) is 21.0. The third-order valence-electron chi connectivity index (χ3n) is 8.48. The lowest BCUT2D eigenvalue weighted by Gasteiger charge is -2.24. The molecule has 0 radical (unpaired) electrons. The van der Waals surface area contributed by atoms with E-state index >= 15 is 0 Å². The molecule has 39 heavy (non-hydrogen) atoms. The number of benzene rings is 5. The predicted octanol–water partition coefficient (Wildman–Crippen LogP) is 8.66. The molecule has 0 saturated carbocycles. The second kappa shape index (κ2) is 7.75. The lowest BCUT2D eigenvalue weighted by Crippen LogP contribution is -2.04. The van der Waals surface area contributed by atoms with Crippen molar-refractivity contribution in [1.82, 2.24) is 14.4 Å². The molecular weight excluding hydrogens is 474 g/mol. The molecule has 0 bridgehead atoms. The summed E-state index contributed by atoms with van der Waals surface area (Å²) < 4.78 is 2.09. The average molecular weight is 498 g/mol. The van der Waals surface area contributed by atoms with Crippen molar-refractivity contribution in [2.24, 2.45) is 0 Å². The van der Waals surface area contributed by atoms with Crippen LogP contribution in [0.15, 0.2) is 103 Å². The molecule has 2 aliphatic carbocycles. The van der Waals surface area contributed by atoms with Crippen LogP contribution < -0.4 is 0 Å². The van der Waals surface area contributed by atoms with Crippen LogP contribution in [-0.4, -0.2) is 14.4 Å². The van der Waals surface area contributed by atoms with Crippen LogP contribution in [0.2, 0.25) is 0 Å². The van der Waals surface area contributed by atoms with Gasteiger partial charge in [0.25, 0.3) is 0 Å². The zero-order chi connectivity index (χ0) is 25.5. The maximum Gasteiger partial charge on any atom is 0.234 e. The number of hydrogen-bond acceptors (Lipinski definition) is 2. The molecule has 3 heteroatoms. The Labute approximate surface area is 225 Å². The Kier molecular flexibility index (Phi) is 4.17. The van der Waals surface area contributed by atoms with E-state index in [0.29, 0.717) is 0 Å². The fraction of sp³-hybridized carbons (Fsp3) is 0.0556. The minimum Gasteiger partial charge on any atom is -0.283 e. The molecule has 0 unspecified atom stereocenters. The van der Waals surface area contributed by atoms with E-state index in [0.717, 1.165) is 40.8 Å². The van der Waals surface area contributed by atoms with Crippen molar-refractivity contribution in [2.75, 3.05) is 0 Å². The van der Waals surface area contributed by atoms with Crippen molar-refractivity contribution in [3.05, 3.63) is 126 Å². The minimum atomic E-state index is 0.720. The summed E-state index contributed by atoms with van der Waals surface area (Å²) in [5.41, 5.74) is 11.3. The Morgan fingerprint density at radius 3 is 2.28 bits per heavy atom. The van der Waals surface area contributed by atoms with Crippen LogP contribution in [-0.2, 0) is 12.8 Å². The molecule has 0 saturated heterocycles. The molecule has 9 rings (SSSR count). The number of nitrogens with zero attached hydrogens (tertiary/aromatic N) is 3. The fourth-order valence-corrected chi connectivity index (χ4v) is 6.70. The summed E-state index contributed by atoms with van der Waals surface area (Å²) in [5, 5.41) is 6.70. The van der Waals surface area contributed by atoms with E-state index in [1.54, 1.807) is 0 Å². The summed E-state index contributed by atoms with van der Waals surface area (Å²) in [4.78, 5) is 9.33. The van der Waals surface area contributed by atoms with E-state index in [-0.39, 0.29) is 0 Å². The fourth-order valence-electron chi connectivity index (χ4n) is 6.70. The van der Waals surface area contributed by atoms with Gasteiger partial charge in [-0.3, -0.25) is 4.40 Å². The van der Waals surface area contributed by atoms with Crippen LogP contribution in [0.4, 0.5) is 0 Å². The molecular formula is C36H23N3. The Balaban J connectivity index is 1.21. The summed E-state index contributed by atoms with van der Waals surface area (Å²) in [7, 11) is 0. The monoisotopic (exact) mass is 497 g/mol. The number of allylic oxidation sites excluding steroid dienone is 2. The van der Waals surface area contributed by atoms with E-state index < -0.39 is 0 Å². The second-order valence-corrected chi connectivity index (χ2v) is 10.6. The normalized spacial score (nSPS) is 13.7. The van der Waals surface area contributed by atoms with E-state index in [2.05, 4.69) is 101 Å². The Bertz CT molecular complexity index is 2210. The van der Waals surface area contributed by atoms with Crippen molar-refractivity contribution >= 4 is 50.4 Å². The van der Waals surface area contributed by atoms with E-state index in [1.165, 1.54) is 54.9 Å². The first-order valence-electron chi connectivity index (χ1n) is 13.5. The highest BCUT2D eigenvalue weighted by Crippen LogP contribution is 2.43. The van der Waals surface area contributed by atoms with E-state index in [4.69, 9.17) is 4.98 Å². The Morgan fingerprint density at radius 2 is 1.41 bits per heavy atom. The summed E-state index contributed by atoms with van der Waals surface area (Å²) in [5.74, 6) is 0.720. The average Bonchev–Trinajstić information content (AvgIpc) is 3.41. The van der Waals surface area contributed by atoms with Crippen LogP contribution in [0.1, 0.15) is 22.3 Å². The molecule has 0 N–H and O–H groups in total. The van der Waals surface area contributed by atoms with Gasteiger partial charge in [0.15, 0.2) is 0 Å². The van der Waals surface area contributed by atoms with Gasteiger partial charge >= 0.3 is 0 Å². The summed E-state index contributed by atoms with van der Waals surface area (Å²) in [6.45, 7) is 0. The molecule has 0 spiro atoms. The second-order valence-electron chi connectivity index (χ2n) is 10.6. The lowest BCUT2D eigenvalue weighted by molar-refractivity contribution is 1.15. The molecule has 2 aromatic heterocycles. The van der Waals surface area contributed by atoms with Crippen LogP contribution in [0, 0.1) is 0 Å². The number of fused-ring (bicyclic) bond motifs is 4. The van der Waals surface area contributed by atoms with Gasteiger partial charge in [-0.25, -0.2) is 9.97 Å². The van der Waals surface area contributed by atoms with Gasteiger partial charge in [-0.1, -0.05) is 85.0 Å². The Morgan fingerprint density at radius 1 is 0.641 bits per heavy atom. The standard InChI is InChI=1S/C36H23N3/c1-2-13-32-26(6-1)21-39-33(20-37-36(39)38-32)23-16-14-22(15-17-23)27-18-25-9-5-11-29-28-10-3-7-24-8-4-12-30(34(24)28)31(19-27)35(25)29/h1-9,12-21H,10-11H2. The van der Waals surface area contributed by atoms with Crippen LogP contribution in [0.5, 0.6) is 0 Å². The summed E-state index contributed by atoms with van der Waals surface area (Å²) in [6.07, 6.45) is 15.3. The molecule has 0 aliphatic heterocycles. The highest BCUT2D eigenvalue weighted by molar-refractivity contribution is 6.17. The predicted molar refractivity (Wildman–Crippen MR) is 162 cm³/mol. The van der Waals surface area contributed by atoms with Gasteiger partial charge in [0.05, 0.1) is 17.4 Å². The van der Waals surface area contributed by atoms with Gasteiger partial charge in [0.1, 0.15) is 0 Å². The van der Waals surface area contributed by atoms with E-state index in [1.807, 2.05) is 24.4 Å². The summed E-state index contributed by atoms with van der Waals surface area (Å²) in [6, 6.07) is 28.6. The first-order valence-corrected chi connectivity index (χ1v) is 13.5. The molecule has 0 fully saturated rings. The van der Waals surface area contributed by atoms with Crippen molar-refractivity contribution < 1.29 is 0 Å². The zero-order valence-electron chi connectivity index (χ0n) is 21.2. The molecule has 5 aromatic carbocycles. The number of rotatable bonds is 2. The zero-order valence-corrected chi connectivity index (χ0v) is 21.2. The molecule has 182 valence electrons. The van der Waals surface area contributed by atoms with Crippen LogP contribution in [0.3, 0.4) is 0 Å². The molecule has 2 aliphatic rings. The third kappa shape index (κ3) is 2.98. The number of para-hydroxylation sites is 1. The Hall–Kier alpha value is -5.02. The maximum atomic E-state index is 4.74. The molecule has 3 nitrogen and oxygen atoms in total. The van der Waals surface area contributed by atoms with Crippen molar-refractivity contribution in [2.45, 2.75) is 12.8 Å². The molecule has 0 amide bonds. The van der Waals surface area contributed by atoms with Crippen LogP contribution >= 0.6 is 0 Å². The first-order chi connectivity index (χ1) is 19.3. The lowest BCUT2D eigenvalue weighted by atomic mass is 9.80. The quantitative estimate of drug-likeness (QED) is 0.224. The van der Waals surface area contributed by atoms with Gasteiger partial charge in [-0.2, -0.15) is 0 Å². The maximum absolute atomic E-state index is 4.74.